The number of allylic oxidation sites excluding steroid dienone is 1. The van der Waals surface area contributed by atoms with E-state index >= 15 is 0 Å². The minimum absolute atomic E-state index is 0.0459. The summed E-state index contributed by atoms with van der Waals surface area (Å²) in [5, 5.41) is 2.80. The molecule has 0 aromatic carbocycles. The van der Waals surface area contributed by atoms with E-state index in [4.69, 9.17) is 9.47 Å². The average Bonchev–Trinajstić information content (AvgIpc) is 2.48. The maximum atomic E-state index is 12.1. The van der Waals surface area contributed by atoms with Crippen molar-refractivity contribution in [3.05, 3.63) is 24.0 Å². The van der Waals surface area contributed by atoms with Gasteiger partial charge in [-0.1, -0.05) is 33.3 Å². The predicted molar refractivity (Wildman–Crippen MR) is 92.1 cm³/mol. The molecule has 4 unspecified atom stereocenters. The van der Waals surface area contributed by atoms with Gasteiger partial charge in [-0.2, -0.15) is 0 Å². The van der Waals surface area contributed by atoms with Crippen LogP contribution in [0.1, 0.15) is 53.4 Å². The van der Waals surface area contributed by atoms with Gasteiger partial charge in [-0.25, -0.2) is 4.79 Å². The quantitative estimate of drug-likeness (QED) is 0.790. The molecule has 5 nitrogen and oxygen atoms in total. The molecule has 134 valence electrons. The van der Waals surface area contributed by atoms with Gasteiger partial charge in [-0.15, -0.1) is 0 Å². The molecule has 0 radical (unpaired) electrons. The molecule has 24 heavy (non-hydrogen) atoms. The summed E-state index contributed by atoms with van der Waals surface area (Å²) in [6.45, 7) is 8.04. The average molecular weight is 335 g/mol. The molecule has 0 saturated heterocycles. The highest BCUT2D eigenvalue weighted by atomic mass is 16.7. The molecule has 1 saturated carbocycles. The third kappa shape index (κ3) is 5.39. The Morgan fingerprint density at radius 2 is 2.04 bits per heavy atom. The number of nitrogens with one attached hydrogen (secondary N) is 1. The van der Waals surface area contributed by atoms with Crippen LogP contribution in [0.25, 0.3) is 0 Å². The lowest BCUT2D eigenvalue weighted by Crippen LogP contribution is -2.36. The zero-order chi connectivity index (χ0) is 17.7. The molecule has 0 aliphatic heterocycles. The van der Waals surface area contributed by atoms with Crippen LogP contribution in [-0.4, -0.2) is 24.2 Å². The van der Waals surface area contributed by atoms with Crippen molar-refractivity contribution in [3.8, 4) is 0 Å². The Morgan fingerprint density at radius 1 is 1.29 bits per heavy atom. The van der Waals surface area contributed by atoms with E-state index in [1.165, 1.54) is 13.3 Å². The van der Waals surface area contributed by atoms with E-state index in [1.807, 2.05) is 6.08 Å². The second kappa shape index (κ2) is 8.36. The molecule has 2 aliphatic rings. The first-order chi connectivity index (χ1) is 11.3. The third-order valence-corrected chi connectivity index (χ3v) is 4.86. The van der Waals surface area contributed by atoms with E-state index in [0.29, 0.717) is 29.9 Å². The van der Waals surface area contributed by atoms with Crippen LogP contribution < -0.4 is 5.32 Å². The molecule has 0 heterocycles. The standard InChI is InChI=1S/C19H29NO4/c1-12(2)17-10-5-13(3)11-18(17)24-19(22)23-16-8-6-15(7-9-16)20-14(4)21/h6,8-9,12-13,15,17-18H,5,7,10-11H2,1-4H3,(H,20,21). The van der Waals surface area contributed by atoms with Crippen LogP contribution in [0.2, 0.25) is 0 Å². The predicted octanol–water partition coefficient (Wildman–Crippen LogP) is 3.95. The van der Waals surface area contributed by atoms with E-state index in [0.717, 1.165) is 12.8 Å². The summed E-state index contributed by atoms with van der Waals surface area (Å²) in [5.41, 5.74) is 0. The lowest BCUT2D eigenvalue weighted by Gasteiger charge is -2.36. The number of hydrogen-bond donors (Lipinski definition) is 1. The summed E-state index contributed by atoms with van der Waals surface area (Å²) in [5.74, 6) is 1.86. The Hall–Kier alpha value is -1.78. The van der Waals surface area contributed by atoms with Crippen molar-refractivity contribution in [2.45, 2.75) is 65.5 Å². The molecule has 4 atom stereocenters. The minimum atomic E-state index is -0.631. The number of ether oxygens (including phenoxy) is 2. The van der Waals surface area contributed by atoms with E-state index in [-0.39, 0.29) is 18.1 Å². The molecule has 2 aliphatic carbocycles. The molecular formula is C19H29NO4. The van der Waals surface area contributed by atoms with Gasteiger partial charge in [0.2, 0.25) is 5.91 Å². The van der Waals surface area contributed by atoms with Crippen molar-refractivity contribution < 1.29 is 19.1 Å². The molecule has 5 heteroatoms. The summed E-state index contributed by atoms with van der Waals surface area (Å²) >= 11 is 0. The van der Waals surface area contributed by atoms with E-state index in [2.05, 4.69) is 26.1 Å². The SMILES string of the molecule is CC(=O)NC1C=CC(OC(=O)OC2CC(C)CCC2C(C)C)=CC1. The van der Waals surface area contributed by atoms with Gasteiger partial charge in [0.1, 0.15) is 11.9 Å². The Bertz CT molecular complexity index is 523. The van der Waals surface area contributed by atoms with Crippen molar-refractivity contribution in [2.75, 3.05) is 0 Å². The molecule has 2 rings (SSSR count). The van der Waals surface area contributed by atoms with Crippen LogP contribution in [0.3, 0.4) is 0 Å². The topological polar surface area (TPSA) is 64.6 Å². The number of amides is 1. The largest absolute Gasteiger partial charge is 0.514 e. The summed E-state index contributed by atoms with van der Waals surface area (Å²) in [4.78, 5) is 23.2. The smallest absolute Gasteiger partial charge is 0.430 e. The molecular weight excluding hydrogens is 306 g/mol. The Kier molecular flexibility index (Phi) is 6.46. The maximum absolute atomic E-state index is 12.1. The Labute approximate surface area is 144 Å². The number of carbonyl (C=O) groups is 2. The Morgan fingerprint density at radius 3 is 2.62 bits per heavy atom. The fourth-order valence-corrected chi connectivity index (χ4v) is 3.54. The highest BCUT2D eigenvalue weighted by Crippen LogP contribution is 2.35. The molecule has 1 N–H and O–H groups in total. The van der Waals surface area contributed by atoms with E-state index < -0.39 is 6.16 Å². The van der Waals surface area contributed by atoms with Crippen LogP contribution in [-0.2, 0) is 14.3 Å². The monoisotopic (exact) mass is 335 g/mol. The maximum Gasteiger partial charge on any atom is 0.514 e. The summed E-state index contributed by atoms with van der Waals surface area (Å²) < 4.78 is 10.9. The number of carbonyl (C=O) groups excluding carboxylic acids is 2. The first kappa shape index (κ1) is 18.6. The fourth-order valence-electron chi connectivity index (χ4n) is 3.54. The van der Waals surface area contributed by atoms with Crippen molar-refractivity contribution in [3.63, 3.8) is 0 Å². The normalized spacial score (nSPS) is 29.8. The molecule has 0 bridgehead atoms. The highest BCUT2D eigenvalue weighted by molar-refractivity contribution is 5.73. The van der Waals surface area contributed by atoms with Crippen LogP contribution in [0.4, 0.5) is 4.79 Å². The molecule has 0 spiro atoms. The van der Waals surface area contributed by atoms with Crippen LogP contribution >= 0.6 is 0 Å². The molecule has 0 aromatic heterocycles. The molecule has 1 amide bonds. The van der Waals surface area contributed by atoms with E-state index in [9.17, 15) is 9.59 Å². The van der Waals surface area contributed by atoms with Crippen molar-refractivity contribution in [1.82, 2.24) is 5.32 Å². The van der Waals surface area contributed by atoms with Crippen molar-refractivity contribution in [2.24, 2.45) is 17.8 Å². The van der Waals surface area contributed by atoms with Gasteiger partial charge in [0.05, 0.1) is 6.04 Å². The third-order valence-electron chi connectivity index (χ3n) is 4.86. The molecule has 0 aromatic rings. The zero-order valence-electron chi connectivity index (χ0n) is 15.1. The van der Waals surface area contributed by atoms with Gasteiger partial charge in [-0.05, 0) is 49.2 Å². The van der Waals surface area contributed by atoms with Crippen molar-refractivity contribution >= 4 is 12.1 Å². The lowest BCUT2D eigenvalue weighted by molar-refractivity contribution is -0.119. The summed E-state index contributed by atoms with van der Waals surface area (Å²) in [6.07, 6.45) is 8.42. The van der Waals surface area contributed by atoms with Crippen LogP contribution in [0.5, 0.6) is 0 Å². The lowest BCUT2D eigenvalue weighted by atomic mass is 9.75. The second-order valence-corrected chi connectivity index (χ2v) is 7.34. The number of hydrogen-bond acceptors (Lipinski definition) is 4. The Balaban J connectivity index is 1.85. The minimum Gasteiger partial charge on any atom is -0.430 e. The first-order valence-electron chi connectivity index (χ1n) is 8.89. The molecule has 1 fully saturated rings. The van der Waals surface area contributed by atoms with Gasteiger partial charge in [0.15, 0.2) is 0 Å². The summed E-state index contributed by atoms with van der Waals surface area (Å²) in [6, 6.07) is -0.0459. The van der Waals surface area contributed by atoms with Gasteiger partial charge in [0.25, 0.3) is 0 Å². The second-order valence-electron chi connectivity index (χ2n) is 7.34. The van der Waals surface area contributed by atoms with Crippen LogP contribution in [0, 0.1) is 17.8 Å². The van der Waals surface area contributed by atoms with Gasteiger partial charge < -0.3 is 14.8 Å². The van der Waals surface area contributed by atoms with Gasteiger partial charge in [-0.3, -0.25) is 4.79 Å². The van der Waals surface area contributed by atoms with E-state index in [1.54, 1.807) is 12.2 Å². The van der Waals surface area contributed by atoms with Crippen LogP contribution in [0.15, 0.2) is 24.0 Å². The highest BCUT2D eigenvalue weighted by Gasteiger charge is 2.34. The number of rotatable bonds is 4. The first-order valence-corrected chi connectivity index (χ1v) is 8.89. The zero-order valence-corrected chi connectivity index (χ0v) is 15.1. The fraction of sp³-hybridized carbons (Fsp3) is 0.684. The van der Waals surface area contributed by atoms with Gasteiger partial charge in [0, 0.05) is 6.92 Å². The van der Waals surface area contributed by atoms with Gasteiger partial charge >= 0.3 is 6.16 Å². The van der Waals surface area contributed by atoms with Crippen molar-refractivity contribution in [1.29, 1.82) is 0 Å². The summed E-state index contributed by atoms with van der Waals surface area (Å²) in [7, 11) is 0.